The standard InChI is InChI=1S/C12H13BrN2OS/c13-10-1-2-12(9(5-10)3-4-14)16-6-11-7-17-8-15-11/h1-2,5,7-8H,3-4,6,14H2. The zero-order valence-corrected chi connectivity index (χ0v) is 11.6. The van der Waals surface area contributed by atoms with Crippen molar-refractivity contribution in [2.75, 3.05) is 6.54 Å². The minimum absolute atomic E-state index is 0.503. The van der Waals surface area contributed by atoms with E-state index in [0.29, 0.717) is 13.2 Å². The molecule has 0 fully saturated rings. The SMILES string of the molecule is NCCc1cc(Br)ccc1OCc1cscn1. The molecule has 17 heavy (non-hydrogen) atoms. The van der Waals surface area contributed by atoms with Crippen molar-refractivity contribution in [2.45, 2.75) is 13.0 Å². The molecular weight excluding hydrogens is 300 g/mol. The van der Waals surface area contributed by atoms with Crippen LogP contribution >= 0.6 is 27.3 Å². The van der Waals surface area contributed by atoms with Gasteiger partial charge in [-0.05, 0) is 36.7 Å². The summed E-state index contributed by atoms with van der Waals surface area (Å²) in [7, 11) is 0. The van der Waals surface area contributed by atoms with Crippen molar-refractivity contribution in [3.8, 4) is 5.75 Å². The van der Waals surface area contributed by atoms with Crippen molar-refractivity contribution in [1.29, 1.82) is 0 Å². The van der Waals surface area contributed by atoms with Crippen LogP contribution in [0.5, 0.6) is 5.75 Å². The largest absolute Gasteiger partial charge is 0.487 e. The topological polar surface area (TPSA) is 48.1 Å². The van der Waals surface area contributed by atoms with Gasteiger partial charge in [0.2, 0.25) is 0 Å². The second-order valence-corrected chi connectivity index (χ2v) is 5.19. The number of rotatable bonds is 5. The van der Waals surface area contributed by atoms with Crippen LogP contribution in [0.1, 0.15) is 11.3 Å². The lowest BCUT2D eigenvalue weighted by Gasteiger charge is -2.10. The molecule has 0 saturated carbocycles. The lowest BCUT2D eigenvalue weighted by atomic mass is 10.1. The number of thiazole rings is 1. The average Bonchev–Trinajstić information content (AvgIpc) is 2.81. The molecule has 0 aliphatic heterocycles. The van der Waals surface area contributed by atoms with E-state index in [1.54, 1.807) is 16.8 Å². The fourth-order valence-corrected chi connectivity index (χ4v) is 2.45. The molecule has 5 heteroatoms. The van der Waals surface area contributed by atoms with Gasteiger partial charge in [-0.25, -0.2) is 4.98 Å². The summed E-state index contributed by atoms with van der Waals surface area (Å²) in [6.45, 7) is 1.12. The first-order valence-corrected chi connectivity index (χ1v) is 7.01. The molecule has 2 rings (SSSR count). The maximum Gasteiger partial charge on any atom is 0.131 e. The predicted molar refractivity (Wildman–Crippen MR) is 73.3 cm³/mol. The molecule has 0 spiro atoms. The maximum atomic E-state index is 5.76. The summed E-state index contributed by atoms with van der Waals surface area (Å²) in [4.78, 5) is 4.18. The van der Waals surface area contributed by atoms with Gasteiger partial charge >= 0.3 is 0 Å². The van der Waals surface area contributed by atoms with E-state index in [9.17, 15) is 0 Å². The first-order valence-electron chi connectivity index (χ1n) is 5.28. The summed E-state index contributed by atoms with van der Waals surface area (Å²) in [5.41, 5.74) is 9.47. The van der Waals surface area contributed by atoms with Crippen molar-refractivity contribution >= 4 is 27.3 Å². The Bertz CT molecular complexity index is 473. The van der Waals surface area contributed by atoms with Crippen LogP contribution in [0.4, 0.5) is 0 Å². The highest BCUT2D eigenvalue weighted by Crippen LogP contribution is 2.24. The molecule has 1 aromatic carbocycles. The maximum absolute atomic E-state index is 5.76. The van der Waals surface area contributed by atoms with E-state index in [1.165, 1.54) is 0 Å². The number of hydrogen-bond donors (Lipinski definition) is 1. The Labute approximate surface area is 113 Å². The van der Waals surface area contributed by atoms with Gasteiger partial charge in [0.25, 0.3) is 0 Å². The minimum atomic E-state index is 0.503. The molecule has 0 amide bonds. The van der Waals surface area contributed by atoms with E-state index in [2.05, 4.69) is 20.9 Å². The van der Waals surface area contributed by atoms with Crippen LogP contribution in [-0.4, -0.2) is 11.5 Å². The Morgan fingerprint density at radius 2 is 2.29 bits per heavy atom. The van der Waals surface area contributed by atoms with Gasteiger partial charge in [0.15, 0.2) is 0 Å². The summed E-state index contributed by atoms with van der Waals surface area (Å²) in [5.74, 6) is 0.881. The first kappa shape index (κ1) is 12.5. The second kappa shape index (κ2) is 6.14. The van der Waals surface area contributed by atoms with Gasteiger partial charge < -0.3 is 10.5 Å². The predicted octanol–water partition coefficient (Wildman–Crippen LogP) is 2.99. The average molecular weight is 313 g/mol. The van der Waals surface area contributed by atoms with Crippen molar-refractivity contribution in [3.05, 3.63) is 44.8 Å². The van der Waals surface area contributed by atoms with Crippen molar-refractivity contribution in [2.24, 2.45) is 5.73 Å². The molecule has 0 saturated heterocycles. The summed E-state index contributed by atoms with van der Waals surface area (Å²) in [6, 6.07) is 5.97. The van der Waals surface area contributed by atoms with Crippen LogP contribution in [0.3, 0.4) is 0 Å². The number of hydrogen-bond acceptors (Lipinski definition) is 4. The zero-order chi connectivity index (χ0) is 12.1. The van der Waals surface area contributed by atoms with Crippen molar-refractivity contribution < 1.29 is 4.74 Å². The molecule has 0 bridgehead atoms. The Morgan fingerprint density at radius 3 is 3.00 bits per heavy atom. The highest BCUT2D eigenvalue weighted by molar-refractivity contribution is 9.10. The Balaban J connectivity index is 2.08. The third kappa shape index (κ3) is 3.52. The molecule has 0 radical (unpaired) electrons. The van der Waals surface area contributed by atoms with E-state index in [0.717, 1.165) is 27.9 Å². The smallest absolute Gasteiger partial charge is 0.131 e. The van der Waals surface area contributed by atoms with Crippen LogP contribution in [-0.2, 0) is 13.0 Å². The number of nitrogens with two attached hydrogens (primary N) is 1. The minimum Gasteiger partial charge on any atom is -0.487 e. The summed E-state index contributed by atoms with van der Waals surface area (Å²) in [6.07, 6.45) is 0.811. The highest BCUT2D eigenvalue weighted by atomic mass is 79.9. The number of nitrogens with zero attached hydrogens (tertiary/aromatic N) is 1. The van der Waals surface area contributed by atoms with Gasteiger partial charge in [0, 0.05) is 9.85 Å². The Hall–Kier alpha value is -0.910. The highest BCUT2D eigenvalue weighted by Gasteiger charge is 2.05. The fourth-order valence-electron chi connectivity index (χ4n) is 1.50. The molecular formula is C12H13BrN2OS. The van der Waals surface area contributed by atoms with Gasteiger partial charge in [-0.15, -0.1) is 11.3 Å². The van der Waals surface area contributed by atoms with E-state index in [1.807, 2.05) is 23.6 Å². The zero-order valence-electron chi connectivity index (χ0n) is 9.23. The fraction of sp³-hybridized carbons (Fsp3) is 0.250. The summed E-state index contributed by atoms with van der Waals surface area (Å²) < 4.78 is 6.80. The molecule has 2 N–H and O–H groups in total. The number of aromatic nitrogens is 1. The van der Waals surface area contributed by atoms with E-state index < -0.39 is 0 Å². The van der Waals surface area contributed by atoms with Crippen LogP contribution in [0, 0.1) is 0 Å². The van der Waals surface area contributed by atoms with Crippen molar-refractivity contribution in [3.63, 3.8) is 0 Å². The second-order valence-electron chi connectivity index (χ2n) is 3.56. The number of halogens is 1. The molecule has 1 aromatic heterocycles. The third-order valence-electron chi connectivity index (χ3n) is 2.30. The number of ether oxygens (including phenoxy) is 1. The number of benzene rings is 1. The summed E-state index contributed by atoms with van der Waals surface area (Å²) in [5, 5.41) is 1.99. The molecule has 2 aromatic rings. The van der Waals surface area contributed by atoms with Gasteiger partial charge in [0.1, 0.15) is 12.4 Å². The molecule has 90 valence electrons. The molecule has 3 nitrogen and oxygen atoms in total. The third-order valence-corrected chi connectivity index (χ3v) is 3.42. The van der Waals surface area contributed by atoms with Gasteiger partial charge in [-0.1, -0.05) is 15.9 Å². The lowest BCUT2D eigenvalue weighted by Crippen LogP contribution is -2.05. The van der Waals surface area contributed by atoms with Crippen LogP contribution in [0.2, 0.25) is 0 Å². The van der Waals surface area contributed by atoms with Gasteiger partial charge in [0.05, 0.1) is 11.2 Å². The molecule has 0 atom stereocenters. The van der Waals surface area contributed by atoms with E-state index in [4.69, 9.17) is 10.5 Å². The Morgan fingerprint density at radius 1 is 1.41 bits per heavy atom. The normalized spacial score (nSPS) is 10.5. The molecule has 0 unspecified atom stereocenters. The molecule has 1 heterocycles. The first-order chi connectivity index (χ1) is 8.29. The van der Waals surface area contributed by atoms with Crippen LogP contribution in [0.15, 0.2) is 33.6 Å². The van der Waals surface area contributed by atoms with Gasteiger partial charge in [-0.3, -0.25) is 0 Å². The lowest BCUT2D eigenvalue weighted by molar-refractivity contribution is 0.299. The van der Waals surface area contributed by atoms with E-state index in [-0.39, 0.29) is 0 Å². The van der Waals surface area contributed by atoms with Crippen LogP contribution in [0.25, 0.3) is 0 Å². The van der Waals surface area contributed by atoms with E-state index >= 15 is 0 Å². The molecule has 0 aliphatic carbocycles. The van der Waals surface area contributed by atoms with Crippen molar-refractivity contribution in [1.82, 2.24) is 4.98 Å². The van der Waals surface area contributed by atoms with Gasteiger partial charge in [-0.2, -0.15) is 0 Å². The van der Waals surface area contributed by atoms with Crippen LogP contribution < -0.4 is 10.5 Å². The Kier molecular flexibility index (Phi) is 4.53. The monoisotopic (exact) mass is 312 g/mol. The molecule has 0 aliphatic rings. The summed E-state index contributed by atoms with van der Waals surface area (Å²) >= 11 is 5.02. The quantitative estimate of drug-likeness (QED) is 0.923.